The van der Waals surface area contributed by atoms with Crippen LogP contribution in [0.1, 0.15) is 43.6 Å². The van der Waals surface area contributed by atoms with Crippen molar-refractivity contribution >= 4 is 21.4 Å². The number of nitrogens with two attached hydrogens (primary N) is 1. The standard InChI is InChI=1S/C13H23N3O2S2/c1-9-7-13(19-12(9)8-14)20(17,18)15-16-10(2)5-4-6-11(16)3/h7,10-11,15H,4-6,8,14H2,1-3H3. The molecule has 2 heterocycles. The van der Waals surface area contributed by atoms with Crippen molar-refractivity contribution in [3.63, 3.8) is 0 Å². The highest BCUT2D eigenvalue weighted by Crippen LogP contribution is 2.27. The van der Waals surface area contributed by atoms with Crippen molar-refractivity contribution in [1.82, 2.24) is 9.84 Å². The third kappa shape index (κ3) is 3.23. The van der Waals surface area contributed by atoms with Gasteiger partial charge in [-0.3, -0.25) is 0 Å². The first-order valence-electron chi connectivity index (χ1n) is 6.95. The lowest BCUT2D eigenvalue weighted by molar-refractivity contribution is 0.0791. The number of piperidine rings is 1. The highest BCUT2D eigenvalue weighted by Gasteiger charge is 2.30. The zero-order valence-electron chi connectivity index (χ0n) is 12.2. The second-order valence-corrected chi connectivity index (χ2v) is 8.53. The van der Waals surface area contributed by atoms with Crippen LogP contribution in [0.2, 0.25) is 0 Å². The Kier molecular flexibility index (Phi) is 4.86. The van der Waals surface area contributed by atoms with Crippen LogP contribution >= 0.6 is 11.3 Å². The minimum Gasteiger partial charge on any atom is -0.326 e. The predicted molar refractivity (Wildman–Crippen MR) is 81.9 cm³/mol. The van der Waals surface area contributed by atoms with Crippen LogP contribution in [0.3, 0.4) is 0 Å². The lowest BCUT2D eigenvalue weighted by atomic mass is 10.0. The van der Waals surface area contributed by atoms with Crippen LogP contribution in [-0.4, -0.2) is 25.5 Å². The molecule has 1 saturated heterocycles. The first-order chi connectivity index (χ1) is 9.35. The number of hydrazine groups is 1. The summed E-state index contributed by atoms with van der Waals surface area (Å²) in [4.78, 5) is 3.67. The zero-order chi connectivity index (χ0) is 14.9. The molecule has 7 heteroatoms. The fourth-order valence-electron chi connectivity index (χ4n) is 2.61. The number of sulfonamides is 1. The van der Waals surface area contributed by atoms with Gasteiger partial charge >= 0.3 is 0 Å². The van der Waals surface area contributed by atoms with Crippen LogP contribution in [-0.2, 0) is 16.6 Å². The van der Waals surface area contributed by atoms with Gasteiger partial charge in [0.05, 0.1) is 0 Å². The summed E-state index contributed by atoms with van der Waals surface area (Å²) in [5.41, 5.74) is 6.56. The van der Waals surface area contributed by atoms with E-state index in [-0.39, 0.29) is 12.1 Å². The maximum Gasteiger partial charge on any atom is 0.262 e. The SMILES string of the molecule is Cc1cc(S(=O)(=O)NN2C(C)CCCC2C)sc1CN. The lowest BCUT2D eigenvalue weighted by Gasteiger charge is -2.38. The average Bonchev–Trinajstić information content (AvgIpc) is 2.76. The molecule has 0 spiro atoms. The number of nitrogens with one attached hydrogen (secondary N) is 1. The summed E-state index contributed by atoms with van der Waals surface area (Å²) in [6, 6.07) is 2.15. The summed E-state index contributed by atoms with van der Waals surface area (Å²) < 4.78 is 25.3. The number of hydrogen-bond donors (Lipinski definition) is 2. The summed E-state index contributed by atoms with van der Waals surface area (Å²) in [5, 5.41) is 1.87. The third-order valence-electron chi connectivity index (χ3n) is 3.87. The molecular formula is C13H23N3O2S2. The Morgan fingerprint density at radius 2 is 2.00 bits per heavy atom. The fraction of sp³-hybridized carbons (Fsp3) is 0.692. The molecule has 0 aromatic carbocycles. The molecule has 1 aliphatic heterocycles. The van der Waals surface area contributed by atoms with Gasteiger partial charge in [-0.1, -0.05) is 6.42 Å². The Bertz CT molecular complexity index is 558. The molecule has 1 fully saturated rings. The fourth-order valence-corrected chi connectivity index (χ4v) is 5.30. The summed E-state index contributed by atoms with van der Waals surface area (Å²) in [6.45, 7) is 6.39. The quantitative estimate of drug-likeness (QED) is 0.890. The van der Waals surface area contributed by atoms with E-state index in [1.165, 1.54) is 11.3 Å². The van der Waals surface area contributed by atoms with Gasteiger partial charge in [-0.2, -0.15) is 0 Å². The maximum absolute atomic E-state index is 12.5. The van der Waals surface area contributed by atoms with Crippen molar-refractivity contribution in [2.75, 3.05) is 0 Å². The van der Waals surface area contributed by atoms with E-state index >= 15 is 0 Å². The molecular weight excluding hydrogens is 294 g/mol. The largest absolute Gasteiger partial charge is 0.326 e. The third-order valence-corrected chi connectivity index (χ3v) is 6.93. The molecule has 5 nitrogen and oxygen atoms in total. The predicted octanol–water partition coefficient (Wildman–Crippen LogP) is 1.97. The monoisotopic (exact) mass is 317 g/mol. The first kappa shape index (κ1) is 15.9. The van der Waals surface area contributed by atoms with E-state index in [4.69, 9.17) is 5.73 Å². The summed E-state index contributed by atoms with van der Waals surface area (Å²) in [6.07, 6.45) is 3.19. The van der Waals surface area contributed by atoms with Gasteiger partial charge in [0.25, 0.3) is 10.0 Å². The average molecular weight is 317 g/mol. The molecule has 1 aliphatic rings. The van der Waals surface area contributed by atoms with Gasteiger partial charge in [0, 0.05) is 23.5 Å². The highest BCUT2D eigenvalue weighted by atomic mass is 32.2. The molecule has 0 saturated carbocycles. The normalized spacial score (nSPS) is 25.0. The molecule has 2 rings (SSSR count). The highest BCUT2D eigenvalue weighted by molar-refractivity contribution is 7.91. The number of nitrogens with zero attached hydrogens (tertiary/aromatic N) is 1. The molecule has 114 valence electrons. The molecule has 2 atom stereocenters. The van der Waals surface area contributed by atoms with Gasteiger partial charge in [-0.25, -0.2) is 13.4 Å². The zero-order valence-corrected chi connectivity index (χ0v) is 13.9. The second kappa shape index (κ2) is 6.11. The van der Waals surface area contributed by atoms with Gasteiger partial charge in [0.15, 0.2) is 0 Å². The van der Waals surface area contributed by atoms with Crippen LogP contribution in [0.5, 0.6) is 0 Å². The first-order valence-corrected chi connectivity index (χ1v) is 9.25. The molecule has 2 unspecified atom stereocenters. The van der Waals surface area contributed by atoms with E-state index in [0.717, 1.165) is 29.7 Å². The summed E-state index contributed by atoms with van der Waals surface area (Å²) in [7, 11) is -3.50. The van der Waals surface area contributed by atoms with E-state index < -0.39 is 10.0 Å². The summed E-state index contributed by atoms with van der Waals surface area (Å²) >= 11 is 1.26. The number of aryl methyl sites for hydroxylation is 1. The van der Waals surface area contributed by atoms with E-state index in [9.17, 15) is 8.42 Å². The Balaban J connectivity index is 2.21. The van der Waals surface area contributed by atoms with Crippen LogP contribution in [0, 0.1) is 6.92 Å². The van der Waals surface area contributed by atoms with E-state index in [0.29, 0.717) is 10.8 Å². The molecule has 0 radical (unpaired) electrons. The number of hydrogen-bond acceptors (Lipinski definition) is 5. The molecule has 0 bridgehead atoms. The second-order valence-electron chi connectivity index (χ2n) is 5.51. The van der Waals surface area contributed by atoms with Gasteiger partial charge in [-0.15, -0.1) is 16.2 Å². The van der Waals surface area contributed by atoms with Crippen LogP contribution < -0.4 is 10.6 Å². The molecule has 0 amide bonds. The molecule has 20 heavy (non-hydrogen) atoms. The Morgan fingerprint density at radius 1 is 1.40 bits per heavy atom. The van der Waals surface area contributed by atoms with E-state index in [2.05, 4.69) is 18.7 Å². The maximum atomic E-state index is 12.5. The smallest absolute Gasteiger partial charge is 0.262 e. The minimum absolute atomic E-state index is 0.226. The Morgan fingerprint density at radius 3 is 2.50 bits per heavy atom. The van der Waals surface area contributed by atoms with Crippen molar-refractivity contribution in [3.05, 3.63) is 16.5 Å². The van der Waals surface area contributed by atoms with Crippen LogP contribution in [0.4, 0.5) is 0 Å². The van der Waals surface area contributed by atoms with Gasteiger partial charge in [0.1, 0.15) is 4.21 Å². The van der Waals surface area contributed by atoms with Crippen molar-refractivity contribution in [2.45, 2.75) is 62.9 Å². The molecule has 1 aromatic rings. The van der Waals surface area contributed by atoms with Gasteiger partial charge < -0.3 is 5.73 Å². The van der Waals surface area contributed by atoms with Gasteiger partial charge in [0.2, 0.25) is 0 Å². The lowest BCUT2D eigenvalue weighted by Crippen LogP contribution is -2.53. The van der Waals surface area contributed by atoms with Crippen LogP contribution in [0.25, 0.3) is 0 Å². The van der Waals surface area contributed by atoms with Crippen molar-refractivity contribution in [3.8, 4) is 0 Å². The van der Waals surface area contributed by atoms with Crippen LogP contribution in [0.15, 0.2) is 10.3 Å². The number of rotatable bonds is 4. The van der Waals surface area contributed by atoms with E-state index in [1.807, 2.05) is 11.9 Å². The molecule has 1 aromatic heterocycles. The summed E-state index contributed by atoms with van der Waals surface area (Å²) in [5.74, 6) is 0. The number of thiophene rings is 1. The van der Waals surface area contributed by atoms with Crippen molar-refractivity contribution < 1.29 is 8.42 Å². The Hall–Kier alpha value is -0.470. The minimum atomic E-state index is -3.50. The topological polar surface area (TPSA) is 75.4 Å². The Labute approximate surface area is 125 Å². The van der Waals surface area contributed by atoms with Crippen molar-refractivity contribution in [1.29, 1.82) is 0 Å². The molecule has 0 aliphatic carbocycles. The molecule has 3 N–H and O–H groups in total. The van der Waals surface area contributed by atoms with Crippen molar-refractivity contribution in [2.24, 2.45) is 5.73 Å². The van der Waals surface area contributed by atoms with E-state index in [1.54, 1.807) is 6.07 Å². The van der Waals surface area contributed by atoms with Gasteiger partial charge in [-0.05, 0) is 45.2 Å².